The van der Waals surface area contributed by atoms with Crippen molar-refractivity contribution in [1.29, 1.82) is 0 Å². The van der Waals surface area contributed by atoms with Crippen molar-refractivity contribution >= 4 is 5.97 Å². The Morgan fingerprint density at radius 3 is 2.18 bits per heavy atom. The molecule has 0 aliphatic carbocycles. The van der Waals surface area contributed by atoms with E-state index in [2.05, 4.69) is 6.07 Å². The first-order chi connectivity index (χ1) is 8.06. The van der Waals surface area contributed by atoms with Gasteiger partial charge >= 0.3 is 0 Å². The molecule has 2 rings (SSSR count). The van der Waals surface area contributed by atoms with E-state index in [1.165, 1.54) is 11.1 Å². The highest BCUT2D eigenvalue weighted by atomic mass is 16.4. The van der Waals surface area contributed by atoms with Gasteiger partial charge in [-0.2, -0.15) is 0 Å². The van der Waals surface area contributed by atoms with Crippen molar-refractivity contribution in [2.75, 3.05) is 0 Å². The minimum absolute atomic E-state index is 0.210. The molecule has 0 aromatic heterocycles. The molecule has 2 heteroatoms. The van der Waals surface area contributed by atoms with Gasteiger partial charge in [-0.05, 0) is 36.6 Å². The second kappa shape index (κ2) is 4.42. The first kappa shape index (κ1) is 11.4. The van der Waals surface area contributed by atoms with Gasteiger partial charge in [-0.25, -0.2) is 0 Å². The summed E-state index contributed by atoms with van der Waals surface area (Å²) in [7, 11) is 0. The molecule has 0 saturated carbocycles. The smallest absolute Gasteiger partial charge is 0.0715 e. The number of benzene rings is 2. The van der Waals surface area contributed by atoms with Gasteiger partial charge in [0.1, 0.15) is 0 Å². The van der Waals surface area contributed by atoms with Crippen LogP contribution in [0.2, 0.25) is 0 Å². The van der Waals surface area contributed by atoms with Crippen molar-refractivity contribution < 1.29 is 9.90 Å². The Balaban J connectivity index is 2.52. The standard InChI is InChI=1S/C15H14O2/c1-10-6-11(2)8-14(7-10)12-4-3-5-13(9-12)15(16)17/h3-9H,1-2H3,(H,16,17)/p-1. The van der Waals surface area contributed by atoms with E-state index in [9.17, 15) is 9.90 Å². The van der Waals surface area contributed by atoms with Crippen molar-refractivity contribution in [3.8, 4) is 11.1 Å². The van der Waals surface area contributed by atoms with Crippen LogP contribution in [-0.4, -0.2) is 5.97 Å². The van der Waals surface area contributed by atoms with E-state index in [0.29, 0.717) is 0 Å². The van der Waals surface area contributed by atoms with E-state index < -0.39 is 5.97 Å². The number of carbonyl (C=O) groups excluding carboxylic acids is 1. The Morgan fingerprint density at radius 2 is 1.59 bits per heavy atom. The van der Waals surface area contributed by atoms with Crippen molar-refractivity contribution in [2.24, 2.45) is 0 Å². The number of rotatable bonds is 2. The summed E-state index contributed by atoms with van der Waals surface area (Å²) in [6.07, 6.45) is 0. The zero-order valence-electron chi connectivity index (χ0n) is 9.86. The number of carboxylic acids is 1. The van der Waals surface area contributed by atoms with E-state index in [-0.39, 0.29) is 5.56 Å². The van der Waals surface area contributed by atoms with Gasteiger partial charge in [0.2, 0.25) is 0 Å². The highest BCUT2D eigenvalue weighted by Gasteiger charge is 2.01. The minimum Gasteiger partial charge on any atom is -0.545 e. The van der Waals surface area contributed by atoms with Crippen LogP contribution in [0.3, 0.4) is 0 Å². The summed E-state index contributed by atoms with van der Waals surface area (Å²) in [5.74, 6) is -1.14. The van der Waals surface area contributed by atoms with Gasteiger partial charge < -0.3 is 9.90 Å². The summed E-state index contributed by atoms with van der Waals surface area (Å²) in [5, 5.41) is 10.8. The Kier molecular flexibility index (Phi) is 2.96. The summed E-state index contributed by atoms with van der Waals surface area (Å²) in [6.45, 7) is 4.05. The molecule has 0 amide bonds. The van der Waals surface area contributed by atoms with E-state index in [0.717, 1.165) is 11.1 Å². The maximum absolute atomic E-state index is 10.8. The number of carbonyl (C=O) groups is 1. The number of hydrogen-bond donors (Lipinski definition) is 0. The second-order valence-electron chi connectivity index (χ2n) is 4.24. The van der Waals surface area contributed by atoms with Crippen molar-refractivity contribution in [1.82, 2.24) is 0 Å². The van der Waals surface area contributed by atoms with Crippen molar-refractivity contribution in [3.63, 3.8) is 0 Å². The van der Waals surface area contributed by atoms with Crippen molar-refractivity contribution in [3.05, 3.63) is 59.2 Å². The second-order valence-corrected chi connectivity index (χ2v) is 4.24. The average molecular weight is 225 g/mol. The molecule has 17 heavy (non-hydrogen) atoms. The molecule has 86 valence electrons. The molecule has 0 saturated heterocycles. The largest absolute Gasteiger partial charge is 0.545 e. The molecule has 0 heterocycles. The maximum atomic E-state index is 10.8. The summed E-state index contributed by atoms with van der Waals surface area (Å²) >= 11 is 0. The average Bonchev–Trinajstić information content (AvgIpc) is 2.28. The molecule has 0 aliphatic rings. The van der Waals surface area contributed by atoms with Crippen LogP contribution >= 0.6 is 0 Å². The molecule has 0 aliphatic heterocycles. The summed E-state index contributed by atoms with van der Waals surface area (Å²) in [5.41, 5.74) is 4.48. The van der Waals surface area contributed by atoms with Gasteiger partial charge in [-0.1, -0.05) is 47.5 Å². The van der Waals surface area contributed by atoms with Gasteiger partial charge in [-0.3, -0.25) is 0 Å². The van der Waals surface area contributed by atoms with E-state index in [4.69, 9.17) is 0 Å². The summed E-state index contributed by atoms with van der Waals surface area (Å²) in [6, 6.07) is 13.0. The fourth-order valence-electron chi connectivity index (χ4n) is 1.97. The quantitative estimate of drug-likeness (QED) is 0.787. The lowest BCUT2D eigenvalue weighted by Crippen LogP contribution is -2.22. The number of aryl methyl sites for hydroxylation is 2. The molecule has 0 unspecified atom stereocenters. The van der Waals surface area contributed by atoms with Crippen LogP contribution in [0.15, 0.2) is 42.5 Å². The van der Waals surface area contributed by atoms with Gasteiger partial charge in [0.15, 0.2) is 0 Å². The zero-order chi connectivity index (χ0) is 12.4. The van der Waals surface area contributed by atoms with E-state index >= 15 is 0 Å². The Bertz CT molecular complexity index is 551. The molecule has 0 atom stereocenters. The third-order valence-electron chi connectivity index (χ3n) is 2.65. The normalized spacial score (nSPS) is 10.2. The molecule has 2 aromatic rings. The van der Waals surface area contributed by atoms with Crippen LogP contribution in [0.25, 0.3) is 11.1 Å². The number of aromatic carboxylic acids is 1. The monoisotopic (exact) mass is 225 g/mol. The van der Waals surface area contributed by atoms with Crippen LogP contribution in [-0.2, 0) is 0 Å². The SMILES string of the molecule is Cc1cc(C)cc(-c2cccc(C(=O)[O-])c2)c1. The van der Waals surface area contributed by atoms with Gasteiger partial charge in [0.25, 0.3) is 0 Å². The van der Waals surface area contributed by atoms with Gasteiger partial charge in [0.05, 0.1) is 5.97 Å². The molecule has 0 radical (unpaired) electrons. The van der Waals surface area contributed by atoms with Gasteiger partial charge in [-0.15, -0.1) is 0 Å². The molecule has 2 aromatic carbocycles. The summed E-state index contributed by atoms with van der Waals surface area (Å²) < 4.78 is 0. The van der Waals surface area contributed by atoms with Crippen LogP contribution in [0.1, 0.15) is 21.5 Å². The first-order valence-electron chi connectivity index (χ1n) is 5.46. The van der Waals surface area contributed by atoms with Crippen LogP contribution in [0, 0.1) is 13.8 Å². The Labute approximate surface area is 101 Å². The predicted molar refractivity (Wildman–Crippen MR) is 65.7 cm³/mol. The third kappa shape index (κ3) is 2.53. The van der Waals surface area contributed by atoms with Crippen LogP contribution < -0.4 is 5.11 Å². The fourth-order valence-corrected chi connectivity index (χ4v) is 1.97. The molecule has 0 bridgehead atoms. The molecule has 0 fully saturated rings. The highest BCUT2D eigenvalue weighted by Crippen LogP contribution is 2.22. The third-order valence-corrected chi connectivity index (χ3v) is 2.65. The topological polar surface area (TPSA) is 40.1 Å². The molecule has 2 nitrogen and oxygen atoms in total. The first-order valence-corrected chi connectivity index (χ1v) is 5.46. The van der Waals surface area contributed by atoms with Crippen LogP contribution in [0.5, 0.6) is 0 Å². The molecular weight excluding hydrogens is 212 g/mol. The number of carboxylic acid groups (broad SMARTS) is 1. The Hall–Kier alpha value is -2.09. The van der Waals surface area contributed by atoms with Crippen LogP contribution in [0.4, 0.5) is 0 Å². The van der Waals surface area contributed by atoms with E-state index in [1.54, 1.807) is 18.2 Å². The predicted octanol–water partition coefficient (Wildman–Crippen LogP) is 2.33. The Morgan fingerprint density at radius 1 is 0.941 bits per heavy atom. The number of hydrogen-bond acceptors (Lipinski definition) is 2. The lowest BCUT2D eigenvalue weighted by atomic mass is 9.99. The molecular formula is C15H13O2-. The van der Waals surface area contributed by atoms with Crippen molar-refractivity contribution in [2.45, 2.75) is 13.8 Å². The maximum Gasteiger partial charge on any atom is 0.0715 e. The van der Waals surface area contributed by atoms with Gasteiger partial charge in [0, 0.05) is 0 Å². The minimum atomic E-state index is -1.14. The summed E-state index contributed by atoms with van der Waals surface area (Å²) in [4.78, 5) is 10.8. The highest BCUT2D eigenvalue weighted by molar-refractivity contribution is 5.87. The lowest BCUT2D eigenvalue weighted by Gasteiger charge is -2.08. The van der Waals surface area contributed by atoms with E-state index in [1.807, 2.05) is 32.0 Å². The fraction of sp³-hybridized carbons (Fsp3) is 0.133. The zero-order valence-corrected chi connectivity index (χ0v) is 9.86. The molecule has 0 N–H and O–H groups in total. The molecule has 0 spiro atoms. The lowest BCUT2D eigenvalue weighted by molar-refractivity contribution is -0.255.